The molecule has 0 saturated carbocycles. The van der Waals surface area contributed by atoms with Crippen molar-refractivity contribution in [1.29, 1.82) is 0 Å². The lowest BCUT2D eigenvalue weighted by Gasteiger charge is -2.04. The fourth-order valence-corrected chi connectivity index (χ4v) is 3.38. The maximum atomic E-state index is 5.51. The fourth-order valence-electron chi connectivity index (χ4n) is 3.38. The van der Waals surface area contributed by atoms with Gasteiger partial charge in [0.05, 0.1) is 24.4 Å². The van der Waals surface area contributed by atoms with Crippen LogP contribution in [0, 0.1) is 0 Å². The topological polar surface area (TPSA) is 66.0 Å². The van der Waals surface area contributed by atoms with Crippen LogP contribution in [0.5, 0.6) is 0 Å². The van der Waals surface area contributed by atoms with E-state index in [0.717, 1.165) is 47.0 Å². The van der Waals surface area contributed by atoms with Crippen molar-refractivity contribution in [1.82, 2.24) is 19.9 Å². The average Bonchev–Trinajstić information content (AvgIpc) is 3.43. The van der Waals surface area contributed by atoms with Gasteiger partial charge >= 0.3 is 0 Å². The predicted molar refractivity (Wildman–Crippen MR) is 96.4 cm³/mol. The third kappa shape index (κ3) is 2.68. The van der Waals surface area contributed by atoms with Gasteiger partial charge in [0.2, 0.25) is 0 Å². The van der Waals surface area contributed by atoms with Gasteiger partial charge in [-0.15, -0.1) is 0 Å². The van der Waals surface area contributed by atoms with E-state index in [1.54, 1.807) is 0 Å². The predicted octanol–water partition coefficient (Wildman–Crippen LogP) is 3.50. The molecule has 0 aliphatic carbocycles. The van der Waals surface area contributed by atoms with E-state index >= 15 is 0 Å². The van der Waals surface area contributed by atoms with Crippen LogP contribution in [-0.2, 0) is 11.2 Å². The summed E-state index contributed by atoms with van der Waals surface area (Å²) in [5.74, 6) is 1.96. The monoisotopic (exact) mass is 346 g/mol. The number of hydrogen-bond donors (Lipinski definition) is 0. The van der Waals surface area contributed by atoms with Gasteiger partial charge in [0.25, 0.3) is 0 Å². The molecule has 6 heteroatoms. The Balaban J connectivity index is 1.58. The summed E-state index contributed by atoms with van der Waals surface area (Å²) in [7, 11) is 0. The molecule has 0 N–H and O–H groups in total. The smallest absolute Gasteiger partial charge is 0.167 e. The molecule has 0 radical (unpaired) electrons. The van der Waals surface area contributed by atoms with Gasteiger partial charge in [0.1, 0.15) is 5.82 Å². The van der Waals surface area contributed by atoms with Crippen LogP contribution in [0.25, 0.3) is 16.7 Å². The maximum Gasteiger partial charge on any atom is 0.167 e. The molecule has 2 aromatic carbocycles. The minimum absolute atomic E-state index is 0.257. The van der Waals surface area contributed by atoms with E-state index in [4.69, 9.17) is 19.3 Å². The lowest BCUT2D eigenvalue weighted by atomic mass is 10.1. The molecule has 5 rings (SSSR count). The molecule has 1 aliphatic rings. The zero-order valence-electron chi connectivity index (χ0n) is 14.2. The second kappa shape index (κ2) is 6.38. The highest BCUT2D eigenvalue weighted by Crippen LogP contribution is 2.26. The maximum absolute atomic E-state index is 5.51. The van der Waals surface area contributed by atoms with Crippen molar-refractivity contribution in [2.45, 2.75) is 18.8 Å². The Bertz CT molecular complexity index is 1030. The molecular weight excluding hydrogens is 328 g/mol. The van der Waals surface area contributed by atoms with Crippen LogP contribution >= 0.6 is 0 Å². The van der Waals surface area contributed by atoms with Gasteiger partial charge < -0.3 is 9.26 Å². The second-order valence-electron chi connectivity index (χ2n) is 6.50. The molecule has 26 heavy (non-hydrogen) atoms. The molecule has 1 aliphatic heterocycles. The number of nitrogens with zero attached hydrogens (tertiary/aromatic N) is 4. The van der Waals surface area contributed by atoms with Crippen molar-refractivity contribution in [3.05, 3.63) is 71.9 Å². The molecule has 4 aromatic rings. The molecule has 0 bridgehead atoms. The van der Waals surface area contributed by atoms with Gasteiger partial charge in [-0.3, -0.25) is 0 Å². The summed E-state index contributed by atoms with van der Waals surface area (Å²) in [5.41, 5.74) is 2.66. The highest BCUT2D eigenvalue weighted by atomic mass is 16.5. The first-order chi connectivity index (χ1) is 12.9. The molecule has 1 unspecified atom stereocenters. The summed E-state index contributed by atoms with van der Waals surface area (Å²) in [6.45, 7) is 1.46. The van der Waals surface area contributed by atoms with Crippen molar-refractivity contribution in [2.75, 3.05) is 13.2 Å². The summed E-state index contributed by atoms with van der Waals surface area (Å²) in [6.07, 6.45) is 1.53. The van der Waals surface area contributed by atoms with Gasteiger partial charge in [-0.1, -0.05) is 35.5 Å². The van der Waals surface area contributed by atoms with Crippen molar-refractivity contribution in [3.63, 3.8) is 0 Å². The van der Waals surface area contributed by atoms with Gasteiger partial charge in [-0.25, -0.2) is 9.67 Å². The van der Waals surface area contributed by atoms with E-state index < -0.39 is 0 Å². The first kappa shape index (κ1) is 15.3. The molecule has 0 spiro atoms. The Morgan fingerprint density at radius 2 is 1.88 bits per heavy atom. The van der Waals surface area contributed by atoms with E-state index in [-0.39, 0.29) is 5.92 Å². The highest BCUT2D eigenvalue weighted by Gasteiger charge is 2.24. The Morgan fingerprint density at radius 3 is 2.73 bits per heavy atom. The Hall–Kier alpha value is -2.99. The van der Waals surface area contributed by atoms with Gasteiger partial charge in [-0.2, -0.15) is 5.10 Å². The first-order valence-corrected chi connectivity index (χ1v) is 8.81. The van der Waals surface area contributed by atoms with E-state index in [9.17, 15) is 0 Å². The minimum atomic E-state index is 0.257. The van der Waals surface area contributed by atoms with Crippen LogP contribution in [0.2, 0.25) is 0 Å². The van der Waals surface area contributed by atoms with Crippen molar-refractivity contribution >= 4 is 11.0 Å². The number of fused-ring (bicyclic) bond motifs is 1. The number of para-hydroxylation sites is 2. The van der Waals surface area contributed by atoms with E-state index in [1.807, 2.05) is 59.3 Å². The van der Waals surface area contributed by atoms with Crippen LogP contribution in [0.3, 0.4) is 0 Å². The standard InChI is InChI=1S/C20H18N4O2/c1-2-6-15(7-3-1)24-19(21-20(22-24)14-10-11-25-13-14)12-17-16-8-4-5-9-18(16)26-23-17/h1-9,14H,10-13H2. The average molecular weight is 346 g/mol. The fraction of sp³-hybridized carbons (Fsp3) is 0.250. The highest BCUT2D eigenvalue weighted by molar-refractivity contribution is 5.79. The van der Waals surface area contributed by atoms with E-state index in [2.05, 4.69) is 5.16 Å². The largest absolute Gasteiger partial charge is 0.381 e. The molecule has 1 saturated heterocycles. The van der Waals surface area contributed by atoms with Crippen LogP contribution in [-0.4, -0.2) is 33.1 Å². The Labute approximate surface area is 150 Å². The van der Waals surface area contributed by atoms with Gasteiger partial charge in [-0.05, 0) is 30.7 Å². The quantitative estimate of drug-likeness (QED) is 0.566. The summed E-state index contributed by atoms with van der Waals surface area (Å²) < 4.78 is 12.9. The summed E-state index contributed by atoms with van der Waals surface area (Å²) in [4.78, 5) is 4.84. The zero-order chi connectivity index (χ0) is 17.3. The van der Waals surface area contributed by atoms with Gasteiger partial charge in [0.15, 0.2) is 11.4 Å². The van der Waals surface area contributed by atoms with Crippen molar-refractivity contribution in [2.24, 2.45) is 0 Å². The zero-order valence-corrected chi connectivity index (χ0v) is 14.2. The number of rotatable bonds is 4. The molecular formula is C20H18N4O2. The summed E-state index contributed by atoms with van der Waals surface area (Å²) >= 11 is 0. The van der Waals surface area contributed by atoms with Crippen LogP contribution in [0.15, 0.2) is 59.1 Å². The minimum Gasteiger partial charge on any atom is -0.381 e. The van der Waals surface area contributed by atoms with Crippen LogP contribution in [0.4, 0.5) is 0 Å². The number of benzene rings is 2. The molecule has 6 nitrogen and oxygen atoms in total. The lowest BCUT2D eigenvalue weighted by Crippen LogP contribution is -2.04. The van der Waals surface area contributed by atoms with E-state index in [0.29, 0.717) is 13.0 Å². The summed E-state index contributed by atoms with van der Waals surface area (Å²) in [6, 6.07) is 18.0. The lowest BCUT2D eigenvalue weighted by molar-refractivity contribution is 0.193. The van der Waals surface area contributed by atoms with Gasteiger partial charge in [0, 0.05) is 17.9 Å². The third-order valence-electron chi connectivity index (χ3n) is 4.76. The Kier molecular flexibility index (Phi) is 3.75. The number of ether oxygens (including phenoxy) is 1. The van der Waals surface area contributed by atoms with Crippen molar-refractivity contribution in [3.8, 4) is 5.69 Å². The Morgan fingerprint density at radius 1 is 1.04 bits per heavy atom. The number of aromatic nitrogens is 4. The number of hydrogen-bond acceptors (Lipinski definition) is 5. The molecule has 3 heterocycles. The second-order valence-corrected chi connectivity index (χ2v) is 6.50. The van der Waals surface area contributed by atoms with Crippen LogP contribution in [0.1, 0.15) is 29.7 Å². The molecule has 1 atom stereocenters. The third-order valence-corrected chi connectivity index (χ3v) is 4.76. The molecule has 2 aromatic heterocycles. The summed E-state index contributed by atoms with van der Waals surface area (Å²) in [5, 5.41) is 10.1. The van der Waals surface area contributed by atoms with Crippen molar-refractivity contribution < 1.29 is 9.26 Å². The molecule has 130 valence electrons. The normalized spacial score (nSPS) is 17.2. The SMILES string of the molecule is c1ccc(-n2nc(C3CCOC3)nc2Cc2noc3ccccc23)cc1. The van der Waals surface area contributed by atoms with E-state index in [1.165, 1.54) is 0 Å². The van der Waals surface area contributed by atoms with Crippen LogP contribution < -0.4 is 0 Å². The molecule has 1 fully saturated rings. The first-order valence-electron chi connectivity index (χ1n) is 8.81. The molecule has 0 amide bonds.